The van der Waals surface area contributed by atoms with Gasteiger partial charge in [0, 0.05) is 11.8 Å². The second kappa shape index (κ2) is 4.94. The first-order valence-electron chi connectivity index (χ1n) is 6.29. The Morgan fingerprint density at radius 1 is 1.11 bits per heavy atom. The third-order valence-corrected chi connectivity index (χ3v) is 3.25. The molecule has 96 valence electrons. The number of hydrogen-bond acceptors (Lipinski definition) is 2. The summed E-state index contributed by atoms with van der Waals surface area (Å²) in [7, 11) is 1.97. The summed E-state index contributed by atoms with van der Waals surface area (Å²) in [6.07, 6.45) is 3.79. The second-order valence-electron chi connectivity index (χ2n) is 5.63. The van der Waals surface area contributed by atoms with Crippen LogP contribution in [0.2, 0.25) is 0 Å². The van der Waals surface area contributed by atoms with Crippen LogP contribution in [0.15, 0.2) is 36.7 Å². The molecule has 0 fully saturated rings. The molecule has 1 aromatic carbocycles. The van der Waals surface area contributed by atoms with Gasteiger partial charge in [0.2, 0.25) is 0 Å². The molecule has 0 amide bonds. The van der Waals surface area contributed by atoms with Crippen molar-refractivity contribution < 1.29 is 0 Å². The molecule has 2 aromatic rings. The van der Waals surface area contributed by atoms with Crippen molar-refractivity contribution in [2.75, 3.05) is 7.05 Å². The highest BCUT2D eigenvalue weighted by molar-refractivity contribution is 5.33. The van der Waals surface area contributed by atoms with Gasteiger partial charge in [0.15, 0.2) is 0 Å². The Morgan fingerprint density at radius 3 is 2.22 bits per heavy atom. The van der Waals surface area contributed by atoms with E-state index >= 15 is 0 Å². The monoisotopic (exact) mass is 243 g/mol. The van der Waals surface area contributed by atoms with Crippen LogP contribution in [0.4, 0.5) is 0 Å². The molecule has 2 rings (SSSR count). The minimum Gasteiger partial charge on any atom is -0.309 e. The average molecular weight is 243 g/mol. The zero-order chi connectivity index (χ0) is 13.2. The highest BCUT2D eigenvalue weighted by atomic mass is 15.1. The van der Waals surface area contributed by atoms with Crippen LogP contribution >= 0.6 is 0 Å². The van der Waals surface area contributed by atoms with Gasteiger partial charge in [-0.3, -0.25) is 5.10 Å². The van der Waals surface area contributed by atoms with E-state index in [4.69, 9.17) is 0 Å². The van der Waals surface area contributed by atoms with Gasteiger partial charge in [0.1, 0.15) is 0 Å². The molecule has 3 nitrogen and oxygen atoms in total. The molecule has 1 aromatic heterocycles. The molecule has 0 aliphatic heterocycles. The Kier molecular flexibility index (Phi) is 3.53. The first-order valence-corrected chi connectivity index (χ1v) is 6.29. The van der Waals surface area contributed by atoms with Gasteiger partial charge in [-0.25, -0.2) is 0 Å². The molecule has 0 radical (unpaired) electrons. The van der Waals surface area contributed by atoms with Crippen molar-refractivity contribution in [1.82, 2.24) is 15.5 Å². The van der Waals surface area contributed by atoms with Crippen LogP contribution in [0.1, 0.15) is 43.5 Å². The lowest BCUT2D eigenvalue weighted by Crippen LogP contribution is -2.17. The lowest BCUT2D eigenvalue weighted by Gasteiger charge is -2.21. The Labute approximate surface area is 109 Å². The quantitative estimate of drug-likeness (QED) is 0.870. The van der Waals surface area contributed by atoms with E-state index in [1.54, 1.807) is 0 Å². The van der Waals surface area contributed by atoms with E-state index in [2.05, 4.69) is 60.6 Å². The predicted molar refractivity (Wildman–Crippen MR) is 74.6 cm³/mol. The van der Waals surface area contributed by atoms with Gasteiger partial charge >= 0.3 is 0 Å². The molecule has 18 heavy (non-hydrogen) atoms. The molecule has 1 atom stereocenters. The van der Waals surface area contributed by atoms with Crippen molar-refractivity contribution in [3.63, 3.8) is 0 Å². The van der Waals surface area contributed by atoms with Gasteiger partial charge in [0.05, 0.1) is 12.2 Å². The number of nitrogens with one attached hydrogen (secondary N) is 2. The Morgan fingerprint density at radius 2 is 1.78 bits per heavy atom. The van der Waals surface area contributed by atoms with E-state index in [0.717, 1.165) is 5.56 Å². The molecule has 0 bridgehead atoms. The number of hydrogen-bond donors (Lipinski definition) is 2. The van der Waals surface area contributed by atoms with Crippen LogP contribution < -0.4 is 5.32 Å². The fourth-order valence-corrected chi connectivity index (χ4v) is 2.12. The summed E-state index contributed by atoms with van der Waals surface area (Å²) in [5, 5.41) is 10.2. The SMILES string of the molecule is CNC(c1ccc(C(C)(C)C)cc1)c1cn[nH]c1. The molecule has 3 heteroatoms. The van der Waals surface area contributed by atoms with Gasteiger partial charge in [0.25, 0.3) is 0 Å². The molecular formula is C15H21N3. The summed E-state index contributed by atoms with van der Waals surface area (Å²) in [5.41, 5.74) is 3.96. The second-order valence-corrected chi connectivity index (χ2v) is 5.63. The molecule has 0 aliphatic carbocycles. The molecule has 0 aliphatic rings. The summed E-state index contributed by atoms with van der Waals surface area (Å²) < 4.78 is 0. The van der Waals surface area contributed by atoms with E-state index in [9.17, 15) is 0 Å². The van der Waals surface area contributed by atoms with Crippen LogP contribution in [-0.2, 0) is 5.41 Å². The number of rotatable bonds is 3. The summed E-state index contributed by atoms with van der Waals surface area (Å²) >= 11 is 0. The van der Waals surface area contributed by atoms with E-state index in [1.165, 1.54) is 11.1 Å². The lowest BCUT2D eigenvalue weighted by atomic mass is 9.86. The Bertz CT molecular complexity index is 477. The van der Waals surface area contributed by atoms with E-state index in [-0.39, 0.29) is 11.5 Å². The van der Waals surface area contributed by atoms with Crippen molar-refractivity contribution >= 4 is 0 Å². The molecule has 1 unspecified atom stereocenters. The maximum absolute atomic E-state index is 4.01. The van der Waals surface area contributed by atoms with Gasteiger partial charge in [-0.2, -0.15) is 5.10 Å². The fraction of sp³-hybridized carbons (Fsp3) is 0.400. The van der Waals surface area contributed by atoms with Crippen molar-refractivity contribution in [2.24, 2.45) is 0 Å². The van der Waals surface area contributed by atoms with Crippen molar-refractivity contribution in [2.45, 2.75) is 32.2 Å². The lowest BCUT2D eigenvalue weighted by molar-refractivity contribution is 0.589. The Hall–Kier alpha value is -1.61. The van der Waals surface area contributed by atoms with Crippen LogP contribution in [-0.4, -0.2) is 17.2 Å². The van der Waals surface area contributed by atoms with Gasteiger partial charge in [-0.1, -0.05) is 45.0 Å². The maximum Gasteiger partial charge on any atom is 0.0605 e. The molecule has 0 saturated carbocycles. The van der Waals surface area contributed by atoms with E-state index in [1.807, 2.05) is 19.4 Å². The van der Waals surface area contributed by atoms with E-state index in [0.29, 0.717) is 0 Å². The predicted octanol–water partition coefficient (Wildman–Crippen LogP) is 3.02. The first kappa shape index (κ1) is 12.8. The third kappa shape index (κ3) is 2.62. The summed E-state index contributed by atoms with van der Waals surface area (Å²) in [6, 6.07) is 8.99. The number of aromatic nitrogens is 2. The number of aromatic amines is 1. The fourth-order valence-electron chi connectivity index (χ4n) is 2.12. The van der Waals surface area contributed by atoms with E-state index < -0.39 is 0 Å². The molecular weight excluding hydrogens is 222 g/mol. The summed E-state index contributed by atoms with van der Waals surface area (Å²) in [6.45, 7) is 6.69. The van der Waals surface area contributed by atoms with Crippen molar-refractivity contribution in [3.8, 4) is 0 Å². The number of benzene rings is 1. The smallest absolute Gasteiger partial charge is 0.0605 e. The minimum atomic E-state index is 0.192. The number of nitrogens with zero attached hydrogens (tertiary/aromatic N) is 1. The van der Waals surface area contributed by atoms with Crippen LogP contribution in [0.5, 0.6) is 0 Å². The average Bonchev–Trinajstić information content (AvgIpc) is 2.83. The minimum absolute atomic E-state index is 0.192. The highest BCUT2D eigenvalue weighted by Gasteiger charge is 2.16. The normalized spacial score (nSPS) is 13.6. The van der Waals surface area contributed by atoms with Crippen LogP contribution in [0, 0.1) is 0 Å². The third-order valence-electron chi connectivity index (χ3n) is 3.25. The van der Waals surface area contributed by atoms with Gasteiger partial charge < -0.3 is 5.32 Å². The summed E-state index contributed by atoms with van der Waals surface area (Å²) in [5.74, 6) is 0. The summed E-state index contributed by atoms with van der Waals surface area (Å²) in [4.78, 5) is 0. The Balaban J connectivity index is 2.28. The largest absolute Gasteiger partial charge is 0.309 e. The van der Waals surface area contributed by atoms with Crippen LogP contribution in [0.3, 0.4) is 0 Å². The number of H-pyrrole nitrogens is 1. The van der Waals surface area contributed by atoms with Gasteiger partial charge in [-0.15, -0.1) is 0 Å². The maximum atomic E-state index is 4.01. The van der Waals surface area contributed by atoms with Crippen molar-refractivity contribution in [3.05, 3.63) is 53.3 Å². The molecule has 0 saturated heterocycles. The van der Waals surface area contributed by atoms with Crippen molar-refractivity contribution in [1.29, 1.82) is 0 Å². The molecule has 2 N–H and O–H groups in total. The topological polar surface area (TPSA) is 40.7 Å². The van der Waals surface area contributed by atoms with Crippen LogP contribution in [0.25, 0.3) is 0 Å². The molecule has 0 spiro atoms. The first-order chi connectivity index (χ1) is 8.52. The van der Waals surface area contributed by atoms with Gasteiger partial charge in [-0.05, 0) is 23.6 Å². The zero-order valence-corrected chi connectivity index (χ0v) is 11.5. The zero-order valence-electron chi connectivity index (χ0n) is 11.5. The molecule has 1 heterocycles. The highest BCUT2D eigenvalue weighted by Crippen LogP contribution is 2.26. The standard InChI is InChI=1S/C15H21N3/c1-15(2,3)13-7-5-11(6-8-13)14(16-4)12-9-17-18-10-12/h5-10,14,16H,1-4H3,(H,17,18).